The SMILES string of the molecule is CNc1ccc2nc(-c3ccc(-c4ccc(C5CCC(CC(=O)O)CN5)cc4)cc3F)[nH]c2c1. The number of H-pyrrole nitrogens is 1. The third-order valence-corrected chi connectivity index (χ3v) is 6.62. The standard InChI is InChI=1S/C27H27FN4O2/c1-29-20-8-11-24-25(14-20)32-27(31-24)21-9-7-19(13-22(21)28)17-3-5-18(6-4-17)23-10-2-16(15-30-23)12-26(33)34/h3-9,11,13-14,16,23,29-30H,2,10,12,15H2,1H3,(H,31,32)(H,33,34). The molecule has 6 nitrogen and oxygen atoms in total. The number of carbonyl (C=O) groups is 1. The highest BCUT2D eigenvalue weighted by atomic mass is 19.1. The summed E-state index contributed by atoms with van der Waals surface area (Å²) >= 11 is 0. The van der Waals surface area contributed by atoms with Crippen molar-refractivity contribution in [3.8, 4) is 22.5 Å². The molecule has 5 rings (SSSR count). The summed E-state index contributed by atoms with van der Waals surface area (Å²) < 4.78 is 15.1. The molecule has 1 aliphatic heterocycles. The van der Waals surface area contributed by atoms with E-state index in [0.29, 0.717) is 17.9 Å². The predicted molar refractivity (Wildman–Crippen MR) is 132 cm³/mol. The van der Waals surface area contributed by atoms with E-state index in [9.17, 15) is 4.79 Å². The number of imidazole rings is 1. The Hall–Kier alpha value is -3.71. The summed E-state index contributed by atoms with van der Waals surface area (Å²) in [6.45, 7) is 0.712. The Morgan fingerprint density at radius 1 is 1.09 bits per heavy atom. The summed E-state index contributed by atoms with van der Waals surface area (Å²) in [7, 11) is 1.85. The molecule has 1 aliphatic rings. The summed E-state index contributed by atoms with van der Waals surface area (Å²) in [5.74, 6) is -0.372. The minimum Gasteiger partial charge on any atom is -0.481 e. The average molecular weight is 459 g/mol. The number of nitrogens with one attached hydrogen (secondary N) is 3. The smallest absolute Gasteiger partial charge is 0.303 e. The number of anilines is 1. The van der Waals surface area contributed by atoms with Gasteiger partial charge >= 0.3 is 5.97 Å². The van der Waals surface area contributed by atoms with Crippen molar-refractivity contribution in [2.75, 3.05) is 18.9 Å². The fourth-order valence-corrected chi connectivity index (χ4v) is 4.71. The van der Waals surface area contributed by atoms with E-state index in [-0.39, 0.29) is 24.2 Å². The summed E-state index contributed by atoms with van der Waals surface area (Å²) in [5.41, 5.74) is 5.95. The summed E-state index contributed by atoms with van der Waals surface area (Å²) in [4.78, 5) is 18.7. The van der Waals surface area contributed by atoms with Crippen LogP contribution in [0.4, 0.5) is 10.1 Å². The minimum atomic E-state index is -0.740. The molecule has 0 radical (unpaired) electrons. The summed E-state index contributed by atoms with van der Waals surface area (Å²) in [6, 6.07) is 19.4. The monoisotopic (exact) mass is 458 g/mol. The first-order valence-electron chi connectivity index (χ1n) is 11.5. The van der Waals surface area contributed by atoms with Gasteiger partial charge in [-0.05, 0) is 72.3 Å². The molecule has 3 aromatic carbocycles. The van der Waals surface area contributed by atoms with Crippen LogP contribution in [-0.4, -0.2) is 34.6 Å². The normalized spacial score (nSPS) is 18.2. The van der Waals surface area contributed by atoms with Gasteiger partial charge in [0, 0.05) is 25.2 Å². The molecule has 2 heterocycles. The molecule has 0 spiro atoms. The lowest BCUT2D eigenvalue weighted by molar-refractivity contribution is -0.138. The molecule has 2 atom stereocenters. The number of rotatable bonds is 6. The number of aromatic nitrogens is 2. The van der Waals surface area contributed by atoms with Gasteiger partial charge in [-0.15, -0.1) is 0 Å². The van der Waals surface area contributed by atoms with Gasteiger partial charge in [0.05, 0.1) is 16.6 Å². The first kappa shape index (κ1) is 22.1. The maximum absolute atomic E-state index is 15.1. The second-order valence-electron chi connectivity index (χ2n) is 8.89. The highest BCUT2D eigenvalue weighted by molar-refractivity contribution is 5.83. The van der Waals surface area contributed by atoms with Crippen LogP contribution in [0.5, 0.6) is 0 Å². The molecule has 0 saturated carbocycles. The Morgan fingerprint density at radius 2 is 1.88 bits per heavy atom. The third-order valence-electron chi connectivity index (χ3n) is 6.62. The predicted octanol–water partition coefficient (Wildman–Crippen LogP) is 5.59. The second-order valence-corrected chi connectivity index (χ2v) is 8.89. The molecule has 34 heavy (non-hydrogen) atoms. The van der Waals surface area contributed by atoms with Gasteiger partial charge in [-0.2, -0.15) is 0 Å². The molecule has 0 bridgehead atoms. The zero-order chi connectivity index (χ0) is 23.7. The van der Waals surface area contributed by atoms with Crippen LogP contribution in [0, 0.1) is 11.7 Å². The maximum atomic E-state index is 15.1. The first-order valence-corrected chi connectivity index (χ1v) is 11.5. The van der Waals surface area contributed by atoms with Crippen molar-refractivity contribution in [2.24, 2.45) is 5.92 Å². The van der Waals surface area contributed by atoms with E-state index in [0.717, 1.165) is 46.3 Å². The van der Waals surface area contributed by atoms with Gasteiger partial charge in [-0.1, -0.05) is 30.3 Å². The van der Waals surface area contributed by atoms with Crippen LogP contribution >= 0.6 is 0 Å². The number of hydrogen-bond acceptors (Lipinski definition) is 4. The van der Waals surface area contributed by atoms with Gasteiger partial charge in [0.25, 0.3) is 0 Å². The molecular formula is C27H27FN4O2. The number of fused-ring (bicyclic) bond motifs is 1. The van der Waals surface area contributed by atoms with Crippen LogP contribution in [0.15, 0.2) is 60.7 Å². The van der Waals surface area contributed by atoms with Crippen LogP contribution in [0.3, 0.4) is 0 Å². The lowest BCUT2D eigenvalue weighted by atomic mass is 9.88. The molecule has 1 fully saturated rings. The minimum absolute atomic E-state index is 0.187. The largest absolute Gasteiger partial charge is 0.481 e. The van der Waals surface area contributed by atoms with Crippen LogP contribution in [-0.2, 0) is 4.79 Å². The molecule has 4 N–H and O–H groups in total. The number of carboxylic acid groups (broad SMARTS) is 1. The summed E-state index contributed by atoms with van der Waals surface area (Å²) in [5, 5.41) is 15.5. The van der Waals surface area contributed by atoms with Gasteiger partial charge in [0.15, 0.2) is 0 Å². The van der Waals surface area contributed by atoms with Crippen LogP contribution in [0.25, 0.3) is 33.5 Å². The molecule has 2 unspecified atom stereocenters. The quantitative estimate of drug-likeness (QED) is 0.302. The molecular weight excluding hydrogens is 431 g/mol. The van der Waals surface area contributed by atoms with Crippen molar-refractivity contribution in [3.05, 3.63) is 72.0 Å². The topological polar surface area (TPSA) is 90.0 Å². The summed E-state index contributed by atoms with van der Waals surface area (Å²) in [6.07, 6.45) is 2.02. The third kappa shape index (κ3) is 4.52. The Balaban J connectivity index is 1.31. The zero-order valence-corrected chi connectivity index (χ0v) is 18.9. The van der Waals surface area contributed by atoms with E-state index in [4.69, 9.17) is 5.11 Å². The number of piperidine rings is 1. The number of aliphatic carboxylic acids is 1. The molecule has 4 aromatic rings. The lowest BCUT2D eigenvalue weighted by Gasteiger charge is -2.29. The van der Waals surface area contributed by atoms with Crippen molar-refractivity contribution in [3.63, 3.8) is 0 Å². The van der Waals surface area contributed by atoms with Crippen molar-refractivity contribution < 1.29 is 14.3 Å². The van der Waals surface area contributed by atoms with E-state index < -0.39 is 5.97 Å². The second kappa shape index (κ2) is 9.27. The average Bonchev–Trinajstić information content (AvgIpc) is 3.27. The van der Waals surface area contributed by atoms with Crippen LogP contribution in [0.2, 0.25) is 0 Å². The van der Waals surface area contributed by atoms with Crippen molar-refractivity contribution >= 4 is 22.7 Å². The van der Waals surface area contributed by atoms with E-state index in [1.165, 1.54) is 0 Å². The fraction of sp³-hybridized carbons (Fsp3) is 0.259. The number of halogens is 1. The van der Waals surface area contributed by atoms with Crippen molar-refractivity contribution in [1.29, 1.82) is 0 Å². The van der Waals surface area contributed by atoms with E-state index >= 15 is 4.39 Å². The highest BCUT2D eigenvalue weighted by Crippen LogP contribution is 2.31. The zero-order valence-electron chi connectivity index (χ0n) is 18.9. The van der Waals surface area contributed by atoms with Crippen LogP contribution < -0.4 is 10.6 Å². The number of carboxylic acids is 1. The van der Waals surface area contributed by atoms with E-state index in [1.54, 1.807) is 12.1 Å². The number of aromatic amines is 1. The molecule has 174 valence electrons. The van der Waals surface area contributed by atoms with Crippen molar-refractivity contribution in [1.82, 2.24) is 15.3 Å². The number of nitrogens with zero attached hydrogens (tertiary/aromatic N) is 1. The highest BCUT2D eigenvalue weighted by Gasteiger charge is 2.23. The van der Waals surface area contributed by atoms with E-state index in [2.05, 4.69) is 32.7 Å². The first-order chi connectivity index (χ1) is 16.5. The van der Waals surface area contributed by atoms with E-state index in [1.807, 2.05) is 43.4 Å². The molecule has 1 saturated heterocycles. The van der Waals surface area contributed by atoms with Crippen LogP contribution in [0.1, 0.15) is 30.9 Å². The van der Waals surface area contributed by atoms with Gasteiger partial charge in [-0.25, -0.2) is 9.37 Å². The van der Waals surface area contributed by atoms with Gasteiger partial charge < -0.3 is 20.7 Å². The van der Waals surface area contributed by atoms with Gasteiger partial charge in [-0.3, -0.25) is 4.79 Å². The Bertz CT molecular complexity index is 1320. The maximum Gasteiger partial charge on any atom is 0.303 e. The Morgan fingerprint density at radius 3 is 2.56 bits per heavy atom. The molecule has 0 aliphatic carbocycles. The molecule has 0 amide bonds. The number of hydrogen-bond donors (Lipinski definition) is 4. The fourth-order valence-electron chi connectivity index (χ4n) is 4.71. The number of benzene rings is 3. The Labute approximate surface area is 197 Å². The molecule has 1 aromatic heterocycles. The van der Waals surface area contributed by atoms with Gasteiger partial charge in [0.1, 0.15) is 11.6 Å². The molecule has 7 heteroatoms. The van der Waals surface area contributed by atoms with Crippen molar-refractivity contribution in [2.45, 2.75) is 25.3 Å². The lowest BCUT2D eigenvalue weighted by Crippen LogP contribution is -2.34. The van der Waals surface area contributed by atoms with Gasteiger partial charge in [0.2, 0.25) is 0 Å². The Kier molecular flexibility index (Phi) is 6.02.